The monoisotopic (exact) mass is 258 g/mol. The molecule has 0 aliphatic carbocycles. The Hall–Kier alpha value is -1.73. The van der Waals surface area contributed by atoms with Crippen molar-refractivity contribution < 1.29 is 9.84 Å². The van der Waals surface area contributed by atoms with Crippen molar-refractivity contribution in [1.29, 1.82) is 5.26 Å². The molecule has 2 aliphatic heterocycles. The zero-order chi connectivity index (χ0) is 13.4. The van der Waals surface area contributed by atoms with Crippen molar-refractivity contribution in [1.82, 2.24) is 0 Å². The smallest absolute Gasteiger partial charge is 0.138 e. The number of aliphatic hydroxyl groups is 1. The Kier molecular flexibility index (Phi) is 3.08. The summed E-state index contributed by atoms with van der Waals surface area (Å²) in [5.41, 5.74) is 1.67. The van der Waals surface area contributed by atoms with Crippen LogP contribution in [0, 0.1) is 11.3 Å². The van der Waals surface area contributed by atoms with Crippen LogP contribution in [0.5, 0.6) is 5.75 Å². The number of nitrogens with zero attached hydrogens (tertiary/aromatic N) is 2. The average molecular weight is 258 g/mol. The molecule has 0 saturated carbocycles. The lowest BCUT2D eigenvalue weighted by Gasteiger charge is -2.39. The Morgan fingerprint density at radius 1 is 1.32 bits per heavy atom. The van der Waals surface area contributed by atoms with E-state index in [9.17, 15) is 5.11 Å². The van der Waals surface area contributed by atoms with Crippen LogP contribution in [0.4, 0.5) is 5.69 Å². The molecule has 4 heteroatoms. The summed E-state index contributed by atoms with van der Waals surface area (Å²) in [4.78, 5) is 2.40. The molecule has 3 atom stereocenters. The molecule has 1 unspecified atom stereocenters. The lowest BCUT2D eigenvalue weighted by atomic mass is 9.98. The van der Waals surface area contributed by atoms with Crippen LogP contribution < -0.4 is 9.64 Å². The molecule has 19 heavy (non-hydrogen) atoms. The number of nitriles is 1. The van der Waals surface area contributed by atoms with Gasteiger partial charge in [-0.05, 0) is 37.8 Å². The van der Waals surface area contributed by atoms with E-state index in [-0.39, 0.29) is 6.10 Å². The Morgan fingerprint density at radius 3 is 2.58 bits per heavy atom. The first-order valence-electron chi connectivity index (χ1n) is 6.77. The zero-order valence-electron chi connectivity index (χ0n) is 11.0. The van der Waals surface area contributed by atoms with Crippen molar-refractivity contribution in [2.24, 2.45) is 0 Å². The number of anilines is 1. The Morgan fingerprint density at radius 2 is 2.00 bits per heavy atom. The van der Waals surface area contributed by atoms with Crippen LogP contribution >= 0.6 is 0 Å². The van der Waals surface area contributed by atoms with Gasteiger partial charge in [0.05, 0.1) is 18.8 Å². The summed E-state index contributed by atoms with van der Waals surface area (Å²) in [7, 11) is 1.59. The minimum absolute atomic E-state index is 0.158. The number of piperidine rings is 1. The highest BCUT2D eigenvalue weighted by molar-refractivity contribution is 5.59. The van der Waals surface area contributed by atoms with Crippen molar-refractivity contribution in [3.05, 3.63) is 23.8 Å². The third kappa shape index (κ3) is 2.04. The predicted octanol–water partition coefficient (Wildman–Crippen LogP) is 2.06. The summed E-state index contributed by atoms with van der Waals surface area (Å²) >= 11 is 0. The maximum Gasteiger partial charge on any atom is 0.138 e. The molecule has 3 rings (SSSR count). The minimum Gasteiger partial charge on any atom is -0.495 e. The fraction of sp³-hybridized carbons (Fsp3) is 0.533. The molecule has 1 N–H and O–H groups in total. The third-order valence-electron chi connectivity index (χ3n) is 4.31. The van der Waals surface area contributed by atoms with Crippen LogP contribution in [0.1, 0.15) is 31.2 Å². The summed E-state index contributed by atoms with van der Waals surface area (Å²) < 4.78 is 5.28. The van der Waals surface area contributed by atoms with Gasteiger partial charge < -0.3 is 14.7 Å². The Balaban J connectivity index is 1.93. The predicted molar refractivity (Wildman–Crippen MR) is 72.2 cm³/mol. The highest BCUT2D eigenvalue weighted by Gasteiger charge is 2.40. The fourth-order valence-corrected chi connectivity index (χ4v) is 3.50. The van der Waals surface area contributed by atoms with E-state index in [0.29, 0.717) is 23.4 Å². The number of ether oxygens (including phenoxy) is 1. The van der Waals surface area contributed by atoms with Crippen molar-refractivity contribution in [2.75, 3.05) is 12.0 Å². The number of benzene rings is 1. The summed E-state index contributed by atoms with van der Waals surface area (Å²) in [6.07, 6.45) is 3.82. The van der Waals surface area contributed by atoms with E-state index in [4.69, 9.17) is 10.00 Å². The largest absolute Gasteiger partial charge is 0.495 e. The fourth-order valence-electron chi connectivity index (χ4n) is 3.50. The van der Waals surface area contributed by atoms with Crippen molar-refractivity contribution in [3.8, 4) is 11.8 Å². The lowest BCUT2D eigenvalue weighted by molar-refractivity contribution is 0.126. The number of rotatable bonds is 2. The van der Waals surface area contributed by atoms with Gasteiger partial charge in [0, 0.05) is 23.8 Å². The molecular formula is C15H18N2O2. The molecule has 0 amide bonds. The average Bonchev–Trinajstić information content (AvgIpc) is 2.70. The maximum absolute atomic E-state index is 9.84. The van der Waals surface area contributed by atoms with E-state index < -0.39 is 0 Å². The minimum atomic E-state index is -0.158. The van der Waals surface area contributed by atoms with Gasteiger partial charge in [0.15, 0.2) is 0 Å². The molecular weight excluding hydrogens is 240 g/mol. The molecule has 1 aromatic rings. The summed E-state index contributed by atoms with van der Waals surface area (Å²) in [5, 5.41) is 18.9. The quantitative estimate of drug-likeness (QED) is 0.882. The van der Waals surface area contributed by atoms with Gasteiger partial charge >= 0.3 is 0 Å². The Labute approximate surface area is 113 Å². The molecule has 2 heterocycles. The third-order valence-corrected chi connectivity index (χ3v) is 4.31. The van der Waals surface area contributed by atoms with Gasteiger partial charge in [-0.25, -0.2) is 0 Å². The van der Waals surface area contributed by atoms with Gasteiger partial charge in [0.25, 0.3) is 0 Å². The maximum atomic E-state index is 9.84. The molecule has 0 radical (unpaired) electrons. The normalized spacial score (nSPS) is 29.1. The second-order valence-corrected chi connectivity index (χ2v) is 5.41. The first-order valence-corrected chi connectivity index (χ1v) is 6.77. The van der Waals surface area contributed by atoms with E-state index in [1.165, 1.54) is 0 Å². The molecule has 2 aliphatic rings. The first-order chi connectivity index (χ1) is 9.22. The molecule has 0 aromatic heterocycles. The number of aliphatic hydroxyl groups excluding tert-OH is 1. The van der Waals surface area contributed by atoms with Crippen molar-refractivity contribution in [3.63, 3.8) is 0 Å². The summed E-state index contributed by atoms with van der Waals surface area (Å²) in [6, 6.07) is 8.74. The second kappa shape index (κ2) is 4.75. The van der Waals surface area contributed by atoms with E-state index in [1.807, 2.05) is 18.2 Å². The van der Waals surface area contributed by atoms with E-state index in [0.717, 1.165) is 31.4 Å². The summed E-state index contributed by atoms with van der Waals surface area (Å²) in [6.45, 7) is 0. The zero-order valence-corrected chi connectivity index (χ0v) is 11.0. The number of methoxy groups -OCH3 is 1. The van der Waals surface area contributed by atoms with Crippen LogP contribution in [-0.4, -0.2) is 30.4 Å². The topological polar surface area (TPSA) is 56.5 Å². The van der Waals surface area contributed by atoms with Crippen LogP contribution in [-0.2, 0) is 0 Å². The van der Waals surface area contributed by atoms with Crippen molar-refractivity contribution >= 4 is 5.69 Å². The van der Waals surface area contributed by atoms with Crippen molar-refractivity contribution in [2.45, 2.75) is 43.9 Å². The lowest BCUT2D eigenvalue weighted by Crippen LogP contribution is -2.44. The number of hydrogen-bond donors (Lipinski definition) is 1. The van der Waals surface area contributed by atoms with Crippen LogP contribution in [0.2, 0.25) is 0 Å². The van der Waals surface area contributed by atoms with Gasteiger partial charge in [-0.1, -0.05) is 0 Å². The second-order valence-electron chi connectivity index (χ2n) is 5.41. The SMILES string of the molecule is COc1cc(N2[C@@H]3CC[C@H]2CC(O)C3)ccc1C#N. The van der Waals surface area contributed by atoms with Crippen LogP contribution in [0.25, 0.3) is 0 Å². The van der Waals surface area contributed by atoms with E-state index in [1.54, 1.807) is 7.11 Å². The van der Waals surface area contributed by atoms with Crippen LogP contribution in [0.15, 0.2) is 18.2 Å². The van der Waals surface area contributed by atoms with Gasteiger partial charge in [-0.15, -0.1) is 0 Å². The molecule has 4 nitrogen and oxygen atoms in total. The number of fused-ring (bicyclic) bond motifs is 2. The van der Waals surface area contributed by atoms with Crippen LogP contribution in [0.3, 0.4) is 0 Å². The first kappa shape index (κ1) is 12.3. The number of hydrogen-bond acceptors (Lipinski definition) is 4. The van der Waals surface area contributed by atoms with Gasteiger partial charge in [0.2, 0.25) is 0 Å². The highest BCUT2D eigenvalue weighted by Crippen LogP contribution is 2.40. The highest BCUT2D eigenvalue weighted by atomic mass is 16.5. The Bertz CT molecular complexity index is 509. The standard InChI is InChI=1S/C15H18N2O2/c1-19-15-8-13(3-2-10(15)9-16)17-11-4-5-12(17)7-14(18)6-11/h2-3,8,11-12,14,18H,4-7H2,1H3/t11-,12+,14?. The van der Waals surface area contributed by atoms with Gasteiger partial charge in [-0.2, -0.15) is 5.26 Å². The molecule has 100 valence electrons. The molecule has 2 bridgehead atoms. The molecule has 0 spiro atoms. The molecule has 2 fully saturated rings. The molecule has 2 saturated heterocycles. The molecule has 1 aromatic carbocycles. The van der Waals surface area contributed by atoms with Gasteiger partial charge in [0.1, 0.15) is 11.8 Å². The van der Waals surface area contributed by atoms with E-state index in [2.05, 4.69) is 11.0 Å². The van der Waals surface area contributed by atoms with Gasteiger partial charge in [-0.3, -0.25) is 0 Å². The summed E-state index contributed by atoms with van der Waals surface area (Å²) in [5.74, 6) is 0.630. The van der Waals surface area contributed by atoms with E-state index >= 15 is 0 Å².